The number of aromatic nitrogens is 2. The Morgan fingerprint density at radius 3 is 2.68 bits per heavy atom. The third-order valence-corrected chi connectivity index (χ3v) is 4.79. The highest BCUT2D eigenvalue weighted by Crippen LogP contribution is 2.28. The number of carbonyl (C=O) groups excluding carboxylic acids is 1. The number of amides is 1. The van der Waals surface area contributed by atoms with Gasteiger partial charge in [0.15, 0.2) is 17.5 Å². The second kappa shape index (κ2) is 7.46. The topological polar surface area (TPSA) is 59.2 Å². The van der Waals surface area contributed by atoms with Crippen LogP contribution in [0.2, 0.25) is 0 Å². The van der Waals surface area contributed by atoms with Crippen LogP contribution in [-0.2, 0) is 0 Å². The van der Waals surface area contributed by atoms with Crippen LogP contribution < -0.4 is 0 Å². The predicted molar refractivity (Wildman–Crippen MR) is 93.9 cm³/mol. The molecule has 5 nitrogen and oxygen atoms in total. The molecule has 0 aliphatic carbocycles. The first-order valence-electron chi connectivity index (χ1n) is 8.86. The van der Waals surface area contributed by atoms with Crippen molar-refractivity contribution in [3.8, 4) is 11.5 Å². The van der Waals surface area contributed by atoms with Gasteiger partial charge in [0.05, 0.1) is 5.56 Å². The molecule has 28 heavy (non-hydrogen) atoms. The van der Waals surface area contributed by atoms with Crippen molar-refractivity contribution < 1.29 is 22.5 Å². The summed E-state index contributed by atoms with van der Waals surface area (Å²) in [6.45, 7) is 0.806. The van der Waals surface area contributed by atoms with Crippen LogP contribution in [0.3, 0.4) is 0 Å². The van der Waals surface area contributed by atoms with Crippen molar-refractivity contribution >= 4 is 5.91 Å². The number of piperidine rings is 1. The largest absolute Gasteiger partial charge is 0.338 e. The van der Waals surface area contributed by atoms with Gasteiger partial charge in [0.1, 0.15) is 5.82 Å². The molecule has 1 fully saturated rings. The highest BCUT2D eigenvalue weighted by molar-refractivity contribution is 5.94. The lowest BCUT2D eigenvalue weighted by Crippen LogP contribution is -2.39. The minimum atomic E-state index is -1.06. The summed E-state index contributed by atoms with van der Waals surface area (Å²) in [6, 6.07) is 9.18. The standard InChI is InChI=1S/C20H16F3N3O2/c21-15-6-2-1-5-14(15)19-24-18(25-28-19)13-4-3-9-26(11-13)20(27)12-7-8-16(22)17(23)10-12/h1-2,5-8,10,13H,3-4,9,11H2. The van der Waals surface area contributed by atoms with Crippen molar-refractivity contribution in [2.45, 2.75) is 18.8 Å². The summed E-state index contributed by atoms with van der Waals surface area (Å²) in [5, 5.41) is 3.95. The quantitative estimate of drug-likeness (QED) is 0.677. The number of hydrogen-bond donors (Lipinski definition) is 0. The van der Waals surface area contributed by atoms with E-state index in [1.54, 1.807) is 23.1 Å². The lowest BCUT2D eigenvalue weighted by atomic mass is 9.96. The summed E-state index contributed by atoms with van der Waals surface area (Å²) in [4.78, 5) is 18.5. The van der Waals surface area contributed by atoms with E-state index in [2.05, 4.69) is 10.1 Å². The van der Waals surface area contributed by atoms with Gasteiger partial charge in [-0.3, -0.25) is 4.79 Å². The highest BCUT2D eigenvalue weighted by Gasteiger charge is 2.29. The van der Waals surface area contributed by atoms with Crippen molar-refractivity contribution in [3.05, 3.63) is 71.3 Å². The molecule has 1 atom stereocenters. The maximum absolute atomic E-state index is 13.9. The Morgan fingerprint density at radius 2 is 1.89 bits per heavy atom. The van der Waals surface area contributed by atoms with Gasteiger partial charge in [-0.05, 0) is 43.2 Å². The molecule has 0 radical (unpaired) electrons. The minimum absolute atomic E-state index is 0.0807. The fraction of sp³-hybridized carbons (Fsp3) is 0.250. The first-order valence-corrected chi connectivity index (χ1v) is 8.86. The van der Waals surface area contributed by atoms with Gasteiger partial charge in [-0.25, -0.2) is 13.2 Å². The molecule has 2 heterocycles. The van der Waals surface area contributed by atoms with Gasteiger partial charge in [-0.15, -0.1) is 0 Å². The van der Waals surface area contributed by atoms with Crippen LogP contribution in [0.1, 0.15) is 34.9 Å². The van der Waals surface area contributed by atoms with Gasteiger partial charge in [-0.2, -0.15) is 4.98 Å². The zero-order valence-electron chi connectivity index (χ0n) is 14.7. The first-order chi connectivity index (χ1) is 13.5. The van der Waals surface area contributed by atoms with E-state index in [4.69, 9.17) is 4.52 Å². The predicted octanol–water partition coefficient (Wildman–Crippen LogP) is 4.17. The van der Waals surface area contributed by atoms with Crippen molar-refractivity contribution in [2.75, 3.05) is 13.1 Å². The van der Waals surface area contributed by atoms with Crippen molar-refractivity contribution in [3.63, 3.8) is 0 Å². The minimum Gasteiger partial charge on any atom is -0.338 e. The lowest BCUT2D eigenvalue weighted by molar-refractivity contribution is 0.0703. The molecule has 0 saturated carbocycles. The monoisotopic (exact) mass is 387 g/mol. The fourth-order valence-electron chi connectivity index (χ4n) is 3.33. The molecule has 1 aliphatic rings. The Balaban J connectivity index is 1.52. The third-order valence-electron chi connectivity index (χ3n) is 4.79. The zero-order chi connectivity index (χ0) is 19.7. The fourth-order valence-corrected chi connectivity index (χ4v) is 3.33. The summed E-state index contributed by atoms with van der Waals surface area (Å²) in [5.74, 6) is -2.63. The van der Waals surface area contributed by atoms with E-state index in [1.807, 2.05) is 0 Å². The van der Waals surface area contributed by atoms with Crippen molar-refractivity contribution in [1.29, 1.82) is 0 Å². The number of rotatable bonds is 3. The van der Waals surface area contributed by atoms with Gasteiger partial charge >= 0.3 is 0 Å². The van der Waals surface area contributed by atoms with Crippen LogP contribution in [0.25, 0.3) is 11.5 Å². The number of halogens is 3. The Kier molecular flexibility index (Phi) is 4.85. The second-order valence-corrected chi connectivity index (χ2v) is 6.66. The number of benzene rings is 2. The summed E-state index contributed by atoms with van der Waals surface area (Å²) < 4.78 is 45.6. The average molecular weight is 387 g/mol. The Bertz CT molecular complexity index is 1020. The van der Waals surface area contributed by atoms with E-state index in [0.717, 1.165) is 18.6 Å². The summed E-state index contributed by atoms with van der Waals surface area (Å²) in [6.07, 6.45) is 1.43. The highest BCUT2D eigenvalue weighted by atomic mass is 19.2. The molecule has 1 amide bonds. The molecule has 2 aromatic carbocycles. The molecule has 8 heteroatoms. The van der Waals surface area contributed by atoms with E-state index in [-0.39, 0.29) is 28.8 Å². The van der Waals surface area contributed by atoms with Gasteiger partial charge in [0.25, 0.3) is 11.8 Å². The number of nitrogens with zero attached hydrogens (tertiary/aromatic N) is 3. The van der Waals surface area contributed by atoms with E-state index < -0.39 is 17.5 Å². The molecule has 1 aliphatic heterocycles. The van der Waals surface area contributed by atoms with E-state index in [1.165, 1.54) is 12.1 Å². The molecule has 0 N–H and O–H groups in total. The Hall–Kier alpha value is -3.16. The maximum atomic E-state index is 13.9. The van der Waals surface area contributed by atoms with E-state index in [9.17, 15) is 18.0 Å². The number of likely N-dealkylation sites (tertiary alicyclic amines) is 1. The first kappa shape index (κ1) is 18.2. The molecule has 4 rings (SSSR count). The lowest BCUT2D eigenvalue weighted by Gasteiger charge is -2.31. The van der Waals surface area contributed by atoms with Crippen LogP contribution in [0.4, 0.5) is 13.2 Å². The smallest absolute Gasteiger partial charge is 0.260 e. The molecule has 1 unspecified atom stereocenters. The number of carbonyl (C=O) groups is 1. The van der Waals surface area contributed by atoms with Crippen LogP contribution in [0.15, 0.2) is 47.0 Å². The number of hydrogen-bond acceptors (Lipinski definition) is 4. The summed E-state index contributed by atoms with van der Waals surface area (Å²) in [7, 11) is 0. The van der Waals surface area contributed by atoms with Crippen LogP contribution in [-0.4, -0.2) is 34.0 Å². The second-order valence-electron chi connectivity index (χ2n) is 6.66. The Morgan fingerprint density at radius 1 is 1.07 bits per heavy atom. The van der Waals surface area contributed by atoms with Gasteiger partial charge in [0, 0.05) is 24.6 Å². The molecule has 1 aromatic heterocycles. The molecule has 1 saturated heterocycles. The van der Waals surface area contributed by atoms with E-state index >= 15 is 0 Å². The molecule has 0 bridgehead atoms. The van der Waals surface area contributed by atoms with Crippen molar-refractivity contribution in [1.82, 2.24) is 15.0 Å². The molecular weight excluding hydrogens is 371 g/mol. The van der Waals surface area contributed by atoms with Gasteiger partial charge < -0.3 is 9.42 Å². The van der Waals surface area contributed by atoms with Gasteiger partial charge in [0.2, 0.25) is 0 Å². The summed E-state index contributed by atoms with van der Waals surface area (Å²) in [5.41, 5.74) is 0.298. The molecule has 144 valence electrons. The van der Waals surface area contributed by atoms with E-state index in [0.29, 0.717) is 25.3 Å². The molecule has 0 spiro atoms. The van der Waals surface area contributed by atoms with Crippen molar-refractivity contribution in [2.24, 2.45) is 0 Å². The average Bonchev–Trinajstić information content (AvgIpc) is 3.20. The van der Waals surface area contributed by atoms with Crippen LogP contribution in [0, 0.1) is 17.5 Å². The van der Waals surface area contributed by atoms with Crippen LogP contribution >= 0.6 is 0 Å². The molecular formula is C20H16F3N3O2. The maximum Gasteiger partial charge on any atom is 0.260 e. The SMILES string of the molecule is O=C(c1ccc(F)c(F)c1)N1CCCC(c2noc(-c3ccccc3F)n2)C1. The molecule has 3 aromatic rings. The normalized spacial score (nSPS) is 17.0. The van der Waals surface area contributed by atoms with Crippen LogP contribution in [0.5, 0.6) is 0 Å². The Labute approximate surface area is 158 Å². The summed E-state index contributed by atoms with van der Waals surface area (Å²) >= 11 is 0. The van der Waals surface area contributed by atoms with Gasteiger partial charge in [-0.1, -0.05) is 17.3 Å². The third kappa shape index (κ3) is 3.49. The zero-order valence-corrected chi connectivity index (χ0v) is 14.7.